The lowest BCUT2D eigenvalue weighted by Crippen LogP contribution is -2.36. The first kappa shape index (κ1) is 26.4. The van der Waals surface area contributed by atoms with Gasteiger partial charge in [0.1, 0.15) is 5.75 Å². The Morgan fingerprint density at radius 3 is 2.23 bits per heavy atom. The van der Waals surface area contributed by atoms with Crippen LogP contribution in [-0.4, -0.2) is 50.0 Å². The number of benzene rings is 1. The fourth-order valence-corrected chi connectivity index (χ4v) is 2.88. The molecule has 0 saturated heterocycles. The van der Waals surface area contributed by atoms with Gasteiger partial charge in [0.25, 0.3) is 5.91 Å². The number of ether oxygens (including phenoxy) is 3. The lowest BCUT2D eigenvalue weighted by Gasteiger charge is -2.29. The molecule has 172 valence electrons. The third kappa shape index (κ3) is 11.0. The number of carbonyl (C=O) groups excluding carboxylic acids is 1. The van der Waals surface area contributed by atoms with Crippen molar-refractivity contribution in [3.8, 4) is 5.75 Å². The fourth-order valence-electron chi connectivity index (χ4n) is 2.88. The molecule has 0 fully saturated rings. The van der Waals surface area contributed by atoms with Crippen LogP contribution in [0.1, 0.15) is 72.3 Å². The summed E-state index contributed by atoms with van der Waals surface area (Å²) in [5.74, 6) is 1.10. The first-order valence-corrected chi connectivity index (χ1v) is 11.1. The summed E-state index contributed by atoms with van der Waals surface area (Å²) in [6.07, 6.45) is 2.60. The number of amides is 1. The molecule has 0 heterocycles. The van der Waals surface area contributed by atoms with Crippen LogP contribution in [0, 0.1) is 0 Å². The van der Waals surface area contributed by atoms with Crippen LogP contribution in [0.2, 0.25) is 0 Å². The first-order chi connectivity index (χ1) is 14.1. The maximum absolute atomic E-state index is 12.1. The summed E-state index contributed by atoms with van der Waals surface area (Å²) >= 11 is 0. The molecule has 1 aromatic rings. The van der Waals surface area contributed by atoms with Crippen molar-refractivity contribution in [2.75, 3.05) is 32.9 Å². The van der Waals surface area contributed by atoms with E-state index in [-0.39, 0.29) is 23.7 Å². The van der Waals surface area contributed by atoms with Crippen molar-refractivity contribution >= 4 is 5.91 Å². The molecule has 0 radical (unpaired) electrons. The maximum Gasteiger partial charge on any atom is 0.257 e. The molecule has 0 spiro atoms. The zero-order chi connectivity index (χ0) is 22.6. The van der Waals surface area contributed by atoms with Crippen LogP contribution in [0.25, 0.3) is 0 Å². The Kier molecular flexibility index (Phi) is 11.4. The standard InChI is InChI=1S/C24H42N2O4/c1-7-19(2)20-8-10-21(11-9-20)28-18-22(27)26-15-12-23(3,4)29-16-13-24(5,6)30-17-14-25/h8-11,19H,7,12-18,25H2,1-6H3,(H,26,27). The molecule has 1 amide bonds. The molecule has 1 rings (SSSR count). The molecule has 30 heavy (non-hydrogen) atoms. The Morgan fingerprint density at radius 2 is 1.63 bits per heavy atom. The summed E-state index contributed by atoms with van der Waals surface area (Å²) in [5.41, 5.74) is 6.19. The fraction of sp³-hybridized carbons (Fsp3) is 0.708. The van der Waals surface area contributed by atoms with Crippen LogP contribution in [-0.2, 0) is 14.3 Å². The van der Waals surface area contributed by atoms with Gasteiger partial charge in [-0.25, -0.2) is 0 Å². The Morgan fingerprint density at radius 1 is 1.03 bits per heavy atom. The molecule has 6 heteroatoms. The van der Waals surface area contributed by atoms with Crippen molar-refractivity contribution in [1.29, 1.82) is 0 Å². The Labute approximate surface area is 182 Å². The van der Waals surface area contributed by atoms with Gasteiger partial charge in [0.2, 0.25) is 0 Å². The number of nitrogens with two attached hydrogens (primary N) is 1. The normalized spacial score (nSPS) is 13.2. The van der Waals surface area contributed by atoms with Crippen LogP contribution in [0.3, 0.4) is 0 Å². The monoisotopic (exact) mass is 422 g/mol. The number of nitrogens with one attached hydrogen (secondary N) is 1. The molecule has 0 bridgehead atoms. The average Bonchev–Trinajstić information content (AvgIpc) is 2.70. The van der Waals surface area contributed by atoms with Crippen molar-refractivity contribution in [2.45, 2.75) is 77.9 Å². The van der Waals surface area contributed by atoms with Gasteiger partial charge in [0, 0.05) is 13.1 Å². The lowest BCUT2D eigenvalue weighted by molar-refractivity contribution is -0.123. The van der Waals surface area contributed by atoms with E-state index in [0.717, 1.165) is 12.8 Å². The second-order valence-electron chi connectivity index (χ2n) is 9.02. The molecule has 1 unspecified atom stereocenters. The molecular weight excluding hydrogens is 380 g/mol. The van der Waals surface area contributed by atoms with Gasteiger partial charge in [-0.05, 0) is 70.6 Å². The lowest BCUT2D eigenvalue weighted by atomic mass is 9.99. The van der Waals surface area contributed by atoms with Gasteiger partial charge in [-0.3, -0.25) is 4.79 Å². The maximum atomic E-state index is 12.1. The highest BCUT2D eigenvalue weighted by molar-refractivity contribution is 5.77. The predicted octanol–water partition coefficient (Wildman–Crippen LogP) is 4.02. The van der Waals surface area contributed by atoms with Crippen LogP contribution in [0.15, 0.2) is 24.3 Å². The Hall–Kier alpha value is -1.63. The quantitative estimate of drug-likeness (QED) is 0.446. The summed E-state index contributed by atoms with van der Waals surface area (Å²) in [7, 11) is 0. The molecule has 0 aliphatic heterocycles. The highest BCUT2D eigenvalue weighted by Gasteiger charge is 2.22. The van der Waals surface area contributed by atoms with Crippen molar-refractivity contribution in [1.82, 2.24) is 5.32 Å². The van der Waals surface area contributed by atoms with Gasteiger partial charge in [0.15, 0.2) is 6.61 Å². The van der Waals surface area contributed by atoms with E-state index in [4.69, 9.17) is 19.9 Å². The molecule has 0 saturated carbocycles. The van der Waals surface area contributed by atoms with Crippen LogP contribution >= 0.6 is 0 Å². The topological polar surface area (TPSA) is 82.8 Å². The molecule has 1 aromatic carbocycles. The van der Waals surface area contributed by atoms with Crippen molar-refractivity contribution in [2.24, 2.45) is 5.73 Å². The second-order valence-corrected chi connectivity index (χ2v) is 9.02. The third-order valence-corrected chi connectivity index (χ3v) is 5.29. The predicted molar refractivity (Wildman–Crippen MR) is 122 cm³/mol. The minimum absolute atomic E-state index is 0.0106. The van der Waals surface area contributed by atoms with E-state index in [1.807, 2.05) is 39.8 Å². The summed E-state index contributed by atoms with van der Waals surface area (Å²) in [5, 5.41) is 2.90. The highest BCUT2D eigenvalue weighted by Crippen LogP contribution is 2.21. The van der Waals surface area contributed by atoms with Crippen molar-refractivity contribution < 1.29 is 19.0 Å². The minimum Gasteiger partial charge on any atom is -0.484 e. The van der Waals surface area contributed by atoms with E-state index in [9.17, 15) is 4.79 Å². The molecular formula is C24H42N2O4. The zero-order valence-electron chi connectivity index (χ0n) is 19.8. The summed E-state index contributed by atoms with van der Waals surface area (Å²) in [6, 6.07) is 7.96. The molecule has 0 aromatic heterocycles. The number of carbonyl (C=O) groups is 1. The molecule has 0 aliphatic carbocycles. The average molecular weight is 423 g/mol. The Balaban J connectivity index is 2.26. The SMILES string of the molecule is CCC(C)c1ccc(OCC(=O)NCCC(C)(C)OCCC(C)(C)OCCN)cc1. The van der Waals surface area contributed by atoms with Gasteiger partial charge >= 0.3 is 0 Å². The molecule has 6 nitrogen and oxygen atoms in total. The minimum atomic E-state index is -0.329. The van der Waals surface area contributed by atoms with Crippen molar-refractivity contribution in [3.63, 3.8) is 0 Å². The van der Waals surface area contributed by atoms with Crippen molar-refractivity contribution in [3.05, 3.63) is 29.8 Å². The van der Waals surface area contributed by atoms with E-state index in [1.165, 1.54) is 5.56 Å². The summed E-state index contributed by atoms with van der Waals surface area (Å²) in [6.45, 7) is 14.7. The number of hydrogen-bond acceptors (Lipinski definition) is 5. The van der Waals surface area contributed by atoms with Crippen LogP contribution in [0.4, 0.5) is 0 Å². The summed E-state index contributed by atoms with van der Waals surface area (Å²) in [4.78, 5) is 12.1. The van der Waals surface area contributed by atoms with E-state index in [1.54, 1.807) is 0 Å². The number of rotatable bonds is 15. The molecule has 0 aliphatic rings. The Bertz CT molecular complexity index is 614. The van der Waals surface area contributed by atoms with Gasteiger partial charge in [-0.1, -0.05) is 26.0 Å². The van der Waals surface area contributed by atoms with E-state index < -0.39 is 0 Å². The number of hydrogen-bond donors (Lipinski definition) is 2. The summed E-state index contributed by atoms with van der Waals surface area (Å²) < 4.78 is 17.3. The van der Waals surface area contributed by atoms with Gasteiger partial charge < -0.3 is 25.3 Å². The first-order valence-electron chi connectivity index (χ1n) is 11.1. The van der Waals surface area contributed by atoms with E-state index >= 15 is 0 Å². The molecule has 3 N–H and O–H groups in total. The third-order valence-electron chi connectivity index (χ3n) is 5.29. The highest BCUT2D eigenvalue weighted by atomic mass is 16.5. The van der Waals surface area contributed by atoms with Gasteiger partial charge in [-0.2, -0.15) is 0 Å². The van der Waals surface area contributed by atoms with Gasteiger partial charge in [0.05, 0.1) is 24.4 Å². The smallest absolute Gasteiger partial charge is 0.257 e. The zero-order valence-corrected chi connectivity index (χ0v) is 19.8. The van der Waals surface area contributed by atoms with Crippen LogP contribution in [0.5, 0.6) is 5.75 Å². The largest absolute Gasteiger partial charge is 0.484 e. The molecule has 1 atom stereocenters. The van der Waals surface area contributed by atoms with Gasteiger partial charge in [-0.15, -0.1) is 0 Å². The second kappa shape index (κ2) is 12.9. The van der Waals surface area contributed by atoms with Crippen LogP contribution < -0.4 is 15.8 Å². The van der Waals surface area contributed by atoms with E-state index in [2.05, 4.69) is 31.3 Å². The van der Waals surface area contributed by atoms with E-state index in [0.29, 0.717) is 44.4 Å².